The minimum absolute atomic E-state index is 0.0622. The quantitative estimate of drug-likeness (QED) is 0.663. The molecule has 2 N–H and O–H groups in total. The molecule has 1 fully saturated rings. The van der Waals surface area contributed by atoms with Crippen LogP contribution >= 0.6 is 11.6 Å². The van der Waals surface area contributed by atoms with E-state index in [2.05, 4.69) is 20.5 Å². The number of hydrogen-bond donors (Lipinski definition) is 2. The van der Waals surface area contributed by atoms with Crippen LogP contribution in [-0.4, -0.2) is 29.5 Å². The molecule has 3 heterocycles. The first-order valence-corrected chi connectivity index (χ1v) is 9.50. The first-order valence-electron chi connectivity index (χ1n) is 9.13. The summed E-state index contributed by atoms with van der Waals surface area (Å²) in [4.78, 5) is 19.6. The molecule has 1 saturated heterocycles. The summed E-state index contributed by atoms with van der Waals surface area (Å²) in [5.74, 6) is 0.0622. The molecule has 5 nitrogen and oxygen atoms in total. The summed E-state index contributed by atoms with van der Waals surface area (Å²) in [6, 6.07) is 15.7. The molecule has 2 aliphatic rings. The second-order valence-corrected chi connectivity index (χ2v) is 7.62. The van der Waals surface area contributed by atoms with Crippen molar-refractivity contribution >= 4 is 45.5 Å². The van der Waals surface area contributed by atoms with Crippen molar-refractivity contribution in [2.24, 2.45) is 0 Å². The van der Waals surface area contributed by atoms with Crippen LogP contribution < -0.4 is 15.5 Å². The Kier molecular flexibility index (Phi) is 3.72. The highest BCUT2D eigenvalue weighted by molar-refractivity contribution is 6.31. The number of nitrogens with zero attached hydrogens (tertiary/aromatic N) is 2. The fraction of sp³-hybridized carbons (Fsp3) is 0.238. The summed E-state index contributed by atoms with van der Waals surface area (Å²) in [7, 11) is 0. The number of carbonyl (C=O) groups excluding carboxylic acids is 1. The lowest BCUT2D eigenvalue weighted by molar-refractivity contribution is -0.121. The van der Waals surface area contributed by atoms with Gasteiger partial charge in [0.15, 0.2) is 0 Å². The van der Waals surface area contributed by atoms with Crippen LogP contribution in [0.2, 0.25) is 5.02 Å². The molecule has 0 bridgehead atoms. The highest BCUT2D eigenvalue weighted by atomic mass is 35.5. The number of piperidine rings is 1. The number of hydrogen-bond acceptors (Lipinski definition) is 4. The predicted octanol–water partition coefficient (Wildman–Crippen LogP) is 4.29. The van der Waals surface area contributed by atoms with Gasteiger partial charge >= 0.3 is 0 Å². The number of fused-ring (bicyclic) bond motifs is 2. The second-order valence-electron chi connectivity index (χ2n) is 7.19. The molecule has 0 unspecified atom stereocenters. The molecule has 1 spiro atoms. The first kappa shape index (κ1) is 16.4. The molecule has 5 rings (SSSR count). The Bertz CT molecular complexity index is 1040. The summed E-state index contributed by atoms with van der Waals surface area (Å²) in [6.07, 6.45) is 3.30. The average Bonchev–Trinajstić information content (AvgIpc) is 2.69. The fourth-order valence-corrected chi connectivity index (χ4v) is 4.29. The Morgan fingerprint density at radius 3 is 2.63 bits per heavy atom. The zero-order valence-electron chi connectivity index (χ0n) is 14.7. The average molecular weight is 379 g/mol. The van der Waals surface area contributed by atoms with Crippen molar-refractivity contribution in [2.45, 2.75) is 18.4 Å². The van der Waals surface area contributed by atoms with Gasteiger partial charge in [0.25, 0.3) is 0 Å². The highest BCUT2D eigenvalue weighted by Gasteiger charge is 2.44. The highest BCUT2D eigenvalue weighted by Crippen LogP contribution is 2.38. The maximum absolute atomic E-state index is 12.8. The van der Waals surface area contributed by atoms with Gasteiger partial charge < -0.3 is 15.5 Å². The minimum Gasteiger partial charge on any atom is -0.371 e. The second kappa shape index (κ2) is 6.13. The zero-order valence-corrected chi connectivity index (χ0v) is 15.5. The number of amides is 1. The van der Waals surface area contributed by atoms with E-state index in [0.717, 1.165) is 53.9 Å². The third-order valence-corrected chi connectivity index (χ3v) is 5.86. The first-order chi connectivity index (χ1) is 13.1. The molecule has 0 radical (unpaired) electrons. The zero-order chi connectivity index (χ0) is 18.4. The smallest absolute Gasteiger partial charge is 0.250 e. The van der Waals surface area contributed by atoms with Gasteiger partial charge in [0.2, 0.25) is 5.91 Å². The molecule has 0 atom stereocenters. The van der Waals surface area contributed by atoms with Gasteiger partial charge in [0, 0.05) is 35.4 Å². The molecule has 0 saturated carbocycles. The maximum Gasteiger partial charge on any atom is 0.250 e. The third kappa shape index (κ3) is 2.70. The largest absolute Gasteiger partial charge is 0.371 e. The summed E-state index contributed by atoms with van der Waals surface area (Å²) >= 11 is 6.11. The van der Waals surface area contributed by atoms with Gasteiger partial charge in [0.05, 0.1) is 16.9 Å². The fourth-order valence-electron chi connectivity index (χ4n) is 4.12. The number of benzene rings is 2. The Hall–Kier alpha value is -2.79. The van der Waals surface area contributed by atoms with Crippen LogP contribution in [0, 0.1) is 0 Å². The van der Waals surface area contributed by atoms with E-state index in [1.54, 1.807) is 0 Å². The maximum atomic E-state index is 12.8. The van der Waals surface area contributed by atoms with Crippen molar-refractivity contribution in [1.29, 1.82) is 0 Å². The van der Waals surface area contributed by atoms with E-state index in [9.17, 15) is 4.79 Å². The van der Waals surface area contributed by atoms with Gasteiger partial charge in [0.1, 0.15) is 5.54 Å². The Morgan fingerprint density at radius 2 is 1.81 bits per heavy atom. The monoisotopic (exact) mass is 378 g/mol. The van der Waals surface area contributed by atoms with Crippen LogP contribution in [0.25, 0.3) is 10.9 Å². The molecule has 2 aliphatic heterocycles. The van der Waals surface area contributed by atoms with Crippen LogP contribution in [-0.2, 0) is 4.79 Å². The lowest BCUT2D eigenvalue weighted by Gasteiger charge is -2.45. The minimum atomic E-state index is -0.545. The van der Waals surface area contributed by atoms with Crippen molar-refractivity contribution in [1.82, 2.24) is 4.98 Å². The van der Waals surface area contributed by atoms with Crippen LogP contribution in [0.4, 0.5) is 17.1 Å². The molecule has 136 valence electrons. The molecular formula is C21H19ClN4O. The molecule has 3 aromatic rings. The number of rotatable bonds is 1. The number of halogens is 1. The Balaban J connectivity index is 1.42. The van der Waals surface area contributed by atoms with Gasteiger partial charge in [-0.2, -0.15) is 0 Å². The van der Waals surface area contributed by atoms with E-state index >= 15 is 0 Å². The number of anilines is 3. The molecule has 27 heavy (non-hydrogen) atoms. The van der Waals surface area contributed by atoms with E-state index in [1.165, 1.54) is 0 Å². The topological polar surface area (TPSA) is 57.3 Å². The van der Waals surface area contributed by atoms with E-state index in [4.69, 9.17) is 11.6 Å². The Labute approximate surface area is 162 Å². The molecule has 6 heteroatoms. The Morgan fingerprint density at radius 1 is 1.04 bits per heavy atom. The molecule has 2 aromatic carbocycles. The number of carbonyl (C=O) groups is 1. The van der Waals surface area contributed by atoms with Crippen molar-refractivity contribution < 1.29 is 4.79 Å². The van der Waals surface area contributed by atoms with Crippen molar-refractivity contribution in [3.05, 3.63) is 59.8 Å². The van der Waals surface area contributed by atoms with Crippen molar-refractivity contribution in [2.75, 3.05) is 28.6 Å². The van der Waals surface area contributed by atoms with Gasteiger partial charge in [-0.3, -0.25) is 9.78 Å². The third-order valence-electron chi connectivity index (χ3n) is 5.62. The SMILES string of the molecule is O=C1Nc2ccccc2NC12CCN(c1ccnc3cc(Cl)ccc13)CC2. The number of pyridine rings is 1. The van der Waals surface area contributed by atoms with E-state index in [-0.39, 0.29) is 5.91 Å². The van der Waals surface area contributed by atoms with E-state index in [1.807, 2.05) is 54.7 Å². The summed E-state index contributed by atoms with van der Waals surface area (Å²) < 4.78 is 0. The normalized spacial score (nSPS) is 18.1. The van der Waals surface area contributed by atoms with Gasteiger partial charge in [-0.1, -0.05) is 23.7 Å². The van der Waals surface area contributed by atoms with Gasteiger partial charge in [-0.15, -0.1) is 0 Å². The molecule has 0 aliphatic carbocycles. The van der Waals surface area contributed by atoms with Crippen molar-refractivity contribution in [3.63, 3.8) is 0 Å². The summed E-state index contributed by atoms with van der Waals surface area (Å²) in [5.41, 5.74) is 3.34. The number of nitrogens with one attached hydrogen (secondary N) is 2. The predicted molar refractivity (Wildman–Crippen MR) is 110 cm³/mol. The van der Waals surface area contributed by atoms with E-state index in [0.29, 0.717) is 5.02 Å². The summed E-state index contributed by atoms with van der Waals surface area (Å²) in [5, 5.41) is 8.35. The van der Waals surface area contributed by atoms with Crippen LogP contribution in [0.15, 0.2) is 54.7 Å². The number of para-hydroxylation sites is 2. The summed E-state index contributed by atoms with van der Waals surface area (Å²) in [6.45, 7) is 1.59. The standard InChI is InChI=1S/C21H19ClN4O/c22-14-5-6-15-18(13-14)23-10-7-19(15)26-11-8-21(9-12-26)20(27)24-16-3-1-2-4-17(16)25-21/h1-7,10,13,25H,8-9,11-12H2,(H,24,27). The van der Waals surface area contributed by atoms with Gasteiger partial charge in [-0.25, -0.2) is 0 Å². The molecular weight excluding hydrogens is 360 g/mol. The lowest BCUT2D eigenvalue weighted by atomic mass is 9.84. The van der Waals surface area contributed by atoms with Crippen molar-refractivity contribution in [3.8, 4) is 0 Å². The van der Waals surface area contributed by atoms with Gasteiger partial charge in [-0.05, 0) is 49.2 Å². The molecule has 1 aromatic heterocycles. The van der Waals surface area contributed by atoms with Crippen LogP contribution in [0.3, 0.4) is 0 Å². The lowest BCUT2D eigenvalue weighted by Crippen LogP contribution is -2.58. The number of aromatic nitrogens is 1. The van der Waals surface area contributed by atoms with Crippen LogP contribution in [0.5, 0.6) is 0 Å². The van der Waals surface area contributed by atoms with E-state index < -0.39 is 5.54 Å². The van der Waals surface area contributed by atoms with Crippen LogP contribution in [0.1, 0.15) is 12.8 Å². The molecule has 1 amide bonds.